The summed E-state index contributed by atoms with van der Waals surface area (Å²) in [7, 11) is 0. The Morgan fingerprint density at radius 3 is 2.61 bits per heavy atom. The molecule has 1 aliphatic rings. The average molecular weight is 447 g/mol. The zero-order valence-electron chi connectivity index (χ0n) is 19.6. The van der Waals surface area contributed by atoms with Crippen molar-refractivity contribution in [3.8, 4) is 0 Å². The lowest BCUT2D eigenvalue weighted by Crippen LogP contribution is -2.38. The molecule has 6 nitrogen and oxygen atoms in total. The van der Waals surface area contributed by atoms with Crippen LogP contribution in [0.1, 0.15) is 60.3 Å². The molecule has 0 unspecified atom stereocenters. The quantitative estimate of drug-likeness (QED) is 0.492. The standard InChI is InChI=1S/C27H34N4O2/c1-21-11-10-12-22(19-21)27(33)28-16-7-2-4-15-25-29-23-13-5-6-14-24(23)31(25)20-26(32)30-17-8-3-9-18-30/h5-6,10-14,19H,2-4,7-9,15-18,20H2,1H3,(H,28,33). The highest BCUT2D eigenvalue weighted by atomic mass is 16.2. The number of carbonyl (C=O) groups is 2. The first-order valence-electron chi connectivity index (χ1n) is 12.2. The van der Waals surface area contributed by atoms with Crippen molar-refractivity contribution in [3.63, 3.8) is 0 Å². The molecule has 0 atom stereocenters. The first-order chi connectivity index (χ1) is 16.1. The molecule has 0 spiro atoms. The number of likely N-dealkylation sites (tertiary alicyclic amines) is 1. The van der Waals surface area contributed by atoms with E-state index in [1.165, 1.54) is 6.42 Å². The van der Waals surface area contributed by atoms with E-state index in [0.717, 1.165) is 74.0 Å². The summed E-state index contributed by atoms with van der Waals surface area (Å²) in [6.45, 7) is 4.76. The van der Waals surface area contributed by atoms with Crippen LogP contribution in [-0.2, 0) is 17.8 Å². The summed E-state index contributed by atoms with van der Waals surface area (Å²) in [6, 6.07) is 15.7. The van der Waals surface area contributed by atoms with Crippen LogP contribution in [0.4, 0.5) is 0 Å². The molecule has 0 aliphatic carbocycles. The minimum atomic E-state index is -0.0169. The van der Waals surface area contributed by atoms with Gasteiger partial charge in [0.05, 0.1) is 11.0 Å². The van der Waals surface area contributed by atoms with Crippen molar-refractivity contribution >= 4 is 22.8 Å². The predicted octanol–water partition coefficient (Wildman–Crippen LogP) is 4.50. The molecule has 1 aromatic heterocycles. The van der Waals surface area contributed by atoms with Crippen molar-refractivity contribution in [2.24, 2.45) is 0 Å². The van der Waals surface area contributed by atoms with Gasteiger partial charge in [-0.05, 0) is 63.3 Å². The van der Waals surface area contributed by atoms with Crippen LogP contribution < -0.4 is 5.32 Å². The average Bonchev–Trinajstić information content (AvgIpc) is 3.18. The second kappa shape index (κ2) is 11.1. The van der Waals surface area contributed by atoms with Gasteiger partial charge in [-0.15, -0.1) is 0 Å². The Kier molecular flexibility index (Phi) is 7.76. The smallest absolute Gasteiger partial charge is 0.251 e. The van der Waals surface area contributed by atoms with Gasteiger partial charge < -0.3 is 14.8 Å². The number of piperidine rings is 1. The summed E-state index contributed by atoms with van der Waals surface area (Å²) >= 11 is 0. The fourth-order valence-corrected chi connectivity index (χ4v) is 4.55. The molecule has 2 aromatic carbocycles. The second-order valence-corrected chi connectivity index (χ2v) is 8.98. The highest BCUT2D eigenvalue weighted by molar-refractivity contribution is 5.94. The molecule has 0 bridgehead atoms. The summed E-state index contributed by atoms with van der Waals surface area (Å²) in [5, 5.41) is 3.01. The van der Waals surface area contributed by atoms with Crippen LogP contribution in [0.15, 0.2) is 48.5 Å². The number of carbonyl (C=O) groups excluding carboxylic acids is 2. The fraction of sp³-hybridized carbons (Fsp3) is 0.444. The monoisotopic (exact) mass is 446 g/mol. The van der Waals surface area contributed by atoms with Crippen LogP contribution in [0.2, 0.25) is 0 Å². The molecule has 33 heavy (non-hydrogen) atoms. The molecule has 3 aromatic rings. The molecule has 2 heterocycles. The Labute approximate surface area is 196 Å². The number of amides is 2. The van der Waals surface area contributed by atoms with Gasteiger partial charge in [0, 0.05) is 31.6 Å². The highest BCUT2D eigenvalue weighted by Gasteiger charge is 2.19. The van der Waals surface area contributed by atoms with Crippen molar-refractivity contribution in [3.05, 3.63) is 65.5 Å². The minimum absolute atomic E-state index is 0.0169. The molecule has 1 fully saturated rings. The lowest BCUT2D eigenvalue weighted by molar-refractivity contribution is -0.132. The number of rotatable bonds is 9. The number of unbranched alkanes of at least 4 members (excludes halogenated alkanes) is 2. The maximum atomic E-state index is 12.9. The SMILES string of the molecule is Cc1cccc(C(=O)NCCCCCc2nc3ccccc3n2CC(=O)N2CCCCC2)c1. The molecule has 0 radical (unpaired) electrons. The van der Waals surface area contributed by atoms with Crippen molar-refractivity contribution in [2.45, 2.75) is 58.4 Å². The van der Waals surface area contributed by atoms with Crippen molar-refractivity contribution in [1.82, 2.24) is 19.8 Å². The summed E-state index contributed by atoms with van der Waals surface area (Å²) in [5.41, 5.74) is 3.78. The zero-order chi connectivity index (χ0) is 23.0. The zero-order valence-corrected chi connectivity index (χ0v) is 19.6. The Hall–Kier alpha value is -3.15. The molecule has 4 rings (SSSR count). The predicted molar refractivity (Wildman–Crippen MR) is 131 cm³/mol. The number of hydrogen-bond donors (Lipinski definition) is 1. The van der Waals surface area contributed by atoms with Crippen LogP contribution in [0.25, 0.3) is 11.0 Å². The highest BCUT2D eigenvalue weighted by Crippen LogP contribution is 2.19. The van der Waals surface area contributed by atoms with Crippen molar-refractivity contribution in [2.75, 3.05) is 19.6 Å². The fourth-order valence-electron chi connectivity index (χ4n) is 4.55. The van der Waals surface area contributed by atoms with Crippen LogP contribution >= 0.6 is 0 Å². The van der Waals surface area contributed by atoms with Gasteiger partial charge in [0.25, 0.3) is 5.91 Å². The summed E-state index contributed by atoms with van der Waals surface area (Å²) in [4.78, 5) is 32.0. The van der Waals surface area contributed by atoms with Crippen LogP contribution in [0, 0.1) is 6.92 Å². The van der Waals surface area contributed by atoms with Gasteiger partial charge in [-0.2, -0.15) is 0 Å². The molecule has 174 valence electrons. The minimum Gasteiger partial charge on any atom is -0.352 e. The molecule has 6 heteroatoms. The Bertz CT molecular complexity index is 1100. The Morgan fingerprint density at radius 2 is 1.79 bits per heavy atom. The lowest BCUT2D eigenvalue weighted by Gasteiger charge is -2.27. The van der Waals surface area contributed by atoms with Crippen molar-refractivity contribution in [1.29, 1.82) is 0 Å². The first kappa shape index (κ1) is 23.0. The summed E-state index contributed by atoms with van der Waals surface area (Å²) in [5.74, 6) is 1.15. The van der Waals surface area contributed by atoms with Gasteiger partial charge in [-0.3, -0.25) is 9.59 Å². The van der Waals surface area contributed by atoms with E-state index >= 15 is 0 Å². The van der Waals surface area contributed by atoms with Gasteiger partial charge in [-0.1, -0.05) is 36.2 Å². The van der Waals surface area contributed by atoms with Gasteiger partial charge in [0.1, 0.15) is 12.4 Å². The number of nitrogens with one attached hydrogen (secondary N) is 1. The number of nitrogens with zero attached hydrogens (tertiary/aromatic N) is 3. The second-order valence-electron chi connectivity index (χ2n) is 8.98. The molecular formula is C27H34N4O2. The number of fused-ring (bicyclic) bond motifs is 1. The van der Waals surface area contributed by atoms with E-state index in [4.69, 9.17) is 4.98 Å². The Balaban J connectivity index is 1.29. The van der Waals surface area contributed by atoms with Crippen LogP contribution in [0.3, 0.4) is 0 Å². The third-order valence-corrected chi connectivity index (χ3v) is 6.38. The van der Waals surface area contributed by atoms with E-state index in [2.05, 4.69) is 16.0 Å². The molecule has 2 amide bonds. The molecular weight excluding hydrogens is 412 g/mol. The van der Waals surface area contributed by atoms with Crippen molar-refractivity contribution < 1.29 is 9.59 Å². The molecule has 1 aliphatic heterocycles. The van der Waals surface area contributed by atoms with E-state index in [1.54, 1.807) is 0 Å². The largest absolute Gasteiger partial charge is 0.352 e. The number of imidazole rings is 1. The van der Waals surface area contributed by atoms with E-state index in [1.807, 2.05) is 54.3 Å². The lowest BCUT2D eigenvalue weighted by atomic mass is 10.1. The van der Waals surface area contributed by atoms with E-state index in [0.29, 0.717) is 18.7 Å². The first-order valence-corrected chi connectivity index (χ1v) is 12.2. The maximum absolute atomic E-state index is 12.9. The number of aryl methyl sites for hydroxylation is 2. The van der Waals surface area contributed by atoms with Gasteiger partial charge in [-0.25, -0.2) is 4.98 Å². The summed E-state index contributed by atoms with van der Waals surface area (Å²) in [6.07, 6.45) is 7.14. The van der Waals surface area contributed by atoms with Crippen LogP contribution in [-0.4, -0.2) is 45.9 Å². The van der Waals surface area contributed by atoms with Crippen LogP contribution in [0.5, 0.6) is 0 Å². The molecule has 0 saturated carbocycles. The number of hydrogen-bond acceptors (Lipinski definition) is 3. The Morgan fingerprint density at radius 1 is 0.970 bits per heavy atom. The van der Waals surface area contributed by atoms with E-state index in [-0.39, 0.29) is 11.8 Å². The maximum Gasteiger partial charge on any atom is 0.251 e. The normalized spacial score (nSPS) is 13.9. The molecule has 1 N–H and O–H groups in total. The van der Waals surface area contributed by atoms with Gasteiger partial charge in [0.2, 0.25) is 5.91 Å². The van der Waals surface area contributed by atoms with E-state index < -0.39 is 0 Å². The third kappa shape index (κ3) is 6.01. The number of para-hydroxylation sites is 2. The number of benzene rings is 2. The number of aromatic nitrogens is 2. The van der Waals surface area contributed by atoms with Gasteiger partial charge in [0.15, 0.2) is 0 Å². The van der Waals surface area contributed by atoms with E-state index in [9.17, 15) is 9.59 Å². The third-order valence-electron chi connectivity index (χ3n) is 6.38. The van der Waals surface area contributed by atoms with Gasteiger partial charge >= 0.3 is 0 Å². The topological polar surface area (TPSA) is 67.2 Å². The summed E-state index contributed by atoms with van der Waals surface area (Å²) < 4.78 is 2.10. The molecule has 1 saturated heterocycles.